The summed E-state index contributed by atoms with van der Waals surface area (Å²) < 4.78 is 30.3. The number of nitrogens with zero attached hydrogens (tertiary/aromatic N) is 1. The van der Waals surface area contributed by atoms with Crippen LogP contribution in [0.1, 0.15) is 19.3 Å². The maximum Gasteiger partial charge on any atom is 0.262 e. The Kier molecular flexibility index (Phi) is 4.69. The molecule has 7 nitrogen and oxygen atoms in total. The maximum absolute atomic E-state index is 12.5. The van der Waals surface area contributed by atoms with Gasteiger partial charge in [0.05, 0.1) is 21.4 Å². The van der Waals surface area contributed by atoms with E-state index in [-0.39, 0.29) is 46.3 Å². The van der Waals surface area contributed by atoms with Crippen molar-refractivity contribution < 1.29 is 22.7 Å². The Morgan fingerprint density at radius 3 is 2.71 bits per heavy atom. The fourth-order valence-corrected chi connectivity index (χ4v) is 4.60. The third kappa shape index (κ3) is 3.49. The number of hydrogen-bond donors (Lipinski definition) is 1. The first-order valence-electron chi connectivity index (χ1n) is 7.63. The predicted molar refractivity (Wildman–Crippen MR) is 88.1 cm³/mol. The van der Waals surface area contributed by atoms with Crippen LogP contribution in [0.2, 0.25) is 5.02 Å². The number of likely N-dealkylation sites (tertiary alicyclic amines) is 1. The Labute approximate surface area is 144 Å². The number of carbonyl (C=O) groups excluding carboxylic acids is 2. The second-order valence-electron chi connectivity index (χ2n) is 5.77. The SMILES string of the molecule is O=C1COc2cc(S(=O)(=O)CCC(=O)N3CCCC3)c(Cl)cc2N1. The van der Waals surface area contributed by atoms with Crippen LogP contribution in [0.5, 0.6) is 5.75 Å². The van der Waals surface area contributed by atoms with E-state index in [1.54, 1.807) is 4.90 Å². The standard InChI is InChI=1S/C15H17ClN2O5S/c16-10-7-11-12(23-9-14(19)17-11)8-13(10)24(21,22)6-3-15(20)18-4-1-2-5-18/h7-8H,1-6,9H2,(H,17,19). The lowest BCUT2D eigenvalue weighted by molar-refractivity contribution is -0.129. The van der Waals surface area contributed by atoms with Crippen molar-refractivity contribution in [1.82, 2.24) is 4.90 Å². The molecule has 0 atom stereocenters. The molecule has 0 aromatic heterocycles. The van der Waals surface area contributed by atoms with Crippen LogP contribution in [0, 0.1) is 0 Å². The molecule has 1 fully saturated rings. The number of carbonyl (C=O) groups is 2. The summed E-state index contributed by atoms with van der Waals surface area (Å²) in [5.41, 5.74) is 0.336. The number of ether oxygens (including phenoxy) is 1. The highest BCUT2D eigenvalue weighted by Crippen LogP contribution is 2.36. The van der Waals surface area contributed by atoms with Gasteiger partial charge in [-0.1, -0.05) is 11.6 Å². The molecule has 24 heavy (non-hydrogen) atoms. The minimum Gasteiger partial charge on any atom is -0.482 e. The van der Waals surface area contributed by atoms with Crippen LogP contribution in [0.3, 0.4) is 0 Å². The molecule has 0 unspecified atom stereocenters. The normalized spacial score (nSPS) is 17.2. The molecule has 2 amide bonds. The van der Waals surface area contributed by atoms with E-state index in [1.807, 2.05) is 0 Å². The van der Waals surface area contributed by atoms with Gasteiger partial charge in [-0.25, -0.2) is 8.42 Å². The van der Waals surface area contributed by atoms with Crippen LogP contribution in [0.4, 0.5) is 5.69 Å². The van der Waals surface area contributed by atoms with Crippen LogP contribution in [-0.4, -0.2) is 50.6 Å². The van der Waals surface area contributed by atoms with Gasteiger partial charge in [-0.05, 0) is 18.9 Å². The minimum absolute atomic E-state index is 0.00632. The number of benzene rings is 1. The van der Waals surface area contributed by atoms with Gasteiger partial charge in [0.15, 0.2) is 16.4 Å². The van der Waals surface area contributed by atoms with Gasteiger partial charge in [0.1, 0.15) is 5.75 Å². The summed E-state index contributed by atoms with van der Waals surface area (Å²) in [5, 5.41) is 2.56. The van der Waals surface area contributed by atoms with Gasteiger partial charge in [0, 0.05) is 25.6 Å². The highest BCUT2D eigenvalue weighted by atomic mass is 35.5. The first-order valence-corrected chi connectivity index (χ1v) is 9.66. The van der Waals surface area contributed by atoms with E-state index in [0.29, 0.717) is 18.8 Å². The second kappa shape index (κ2) is 6.60. The van der Waals surface area contributed by atoms with Crippen LogP contribution in [0.25, 0.3) is 0 Å². The summed E-state index contributed by atoms with van der Waals surface area (Å²) in [7, 11) is -3.73. The van der Waals surface area contributed by atoms with E-state index < -0.39 is 9.84 Å². The van der Waals surface area contributed by atoms with Crippen molar-refractivity contribution >= 4 is 38.9 Å². The van der Waals surface area contributed by atoms with Gasteiger partial charge in [-0.3, -0.25) is 9.59 Å². The van der Waals surface area contributed by atoms with Gasteiger partial charge >= 0.3 is 0 Å². The van der Waals surface area contributed by atoms with Gasteiger partial charge in [0.2, 0.25) is 5.91 Å². The third-order valence-electron chi connectivity index (χ3n) is 4.05. The lowest BCUT2D eigenvalue weighted by atomic mass is 10.2. The summed E-state index contributed by atoms with van der Waals surface area (Å²) in [6.07, 6.45) is 1.84. The van der Waals surface area contributed by atoms with Crippen molar-refractivity contribution in [3.63, 3.8) is 0 Å². The molecule has 2 heterocycles. The van der Waals surface area contributed by atoms with Gasteiger partial charge in [-0.15, -0.1) is 0 Å². The zero-order valence-corrected chi connectivity index (χ0v) is 14.5. The Morgan fingerprint density at radius 1 is 1.29 bits per heavy atom. The van der Waals surface area contributed by atoms with Crippen LogP contribution < -0.4 is 10.1 Å². The fourth-order valence-electron chi connectivity index (χ4n) is 2.78. The van der Waals surface area contributed by atoms with Crippen molar-refractivity contribution in [2.45, 2.75) is 24.2 Å². The largest absolute Gasteiger partial charge is 0.482 e. The third-order valence-corrected chi connectivity index (χ3v) is 6.22. The molecule has 130 valence electrons. The van der Waals surface area contributed by atoms with Crippen molar-refractivity contribution in [2.75, 3.05) is 30.8 Å². The summed E-state index contributed by atoms with van der Waals surface area (Å²) in [6, 6.07) is 2.65. The monoisotopic (exact) mass is 372 g/mol. The molecule has 9 heteroatoms. The van der Waals surface area contributed by atoms with Gasteiger partial charge < -0.3 is 15.0 Å². The average molecular weight is 373 g/mol. The molecule has 0 aliphatic carbocycles. The highest BCUT2D eigenvalue weighted by Gasteiger charge is 2.26. The molecule has 1 saturated heterocycles. The van der Waals surface area contributed by atoms with E-state index in [1.165, 1.54) is 12.1 Å². The van der Waals surface area contributed by atoms with Crippen molar-refractivity contribution in [1.29, 1.82) is 0 Å². The molecule has 1 aromatic carbocycles. The number of anilines is 1. The van der Waals surface area contributed by atoms with Crippen molar-refractivity contribution in [2.24, 2.45) is 0 Å². The smallest absolute Gasteiger partial charge is 0.262 e. The van der Waals surface area contributed by atoms with Crippen LogP contribution in [-0.2, 0) is 19.4 Å². The maximum atomic E-state index is 12.5. The molecule has 0 saturated carbocycles. The summed E-state index contributed by atoms with van der Waals surface area (Å²) in [6.45, 7) is 1.19. The summed E-state index contributed by atoms with van der Waals surface area (Å²) in [5.74, 6) is -0.546. The van der Waals surface area contributed by atoms with E-state index in [4.69, 9.17) is 16.3 Å². The summed E-state index contributed by atoms with van der Waals surface area (Å²) >= 11 is 6.05. The summed E-state index contributed by atoms with van der Waals surface area (Å²) in [4.78, 5) is 24.9. The Morgan fingerprint density at radius 2 is 2.00 bits per heavy atom. The van der Waals surface area contributed by atoms with Crippen molar-refractivity contribution in [3.05, 3.63) is 17.2 Å². The second-order valence-corrected chi connectivity index (χ2v) is 8.26. The molecule has 0 spiro atoms. The van der Waals surface area contributed by atoms with Crippen LogP contribution in [0.15, 0.2) is 17.0 Å². The lowest BCUT2D eigenvalue weighted by Crippen LogP contribution is -2.29. The molecule has 0 radical (unpaired) electrons. The average Bonchev–Trinajstić information content (AvgIpc) is 3.06. The molecule has 1 aromatic rings. The lowest BCUT2D eigenvalue weighted by Gasteiger charge is -2.19. The predicted octanol–water partition coefficient (Wildman–Crippen LogP) is 1.46. The minimum atomic E-state index is -3.73. The topological polar surface area (TPSA) is 92.8 Å². The van der Waals surface area contributed by atoms with Gasteiger partial charge in [0.25, 0.3) is 5.91 Å². The van der Waals surface area contributed by atoms with E-state index in [0.717, 1.165) is 12.8 Å². The molecule has 0 bridgehead atoms. The Balaban J connectivity index is 1.77. The molecule has 1 N–H and O–H groups in total. The van der Waals surface area contributed by atoms with E-state index in [2.05, 4.69) is 5.32 Å². The van der Waals surface area contributed by atoms with E-state index in [9.17, 15) is 18.0 Å². The number of nitrogens with one attached hydrogen (secondary N) is 1. The molecular formula is C15H17ClN2O5S. The molecule has 2 aliphatic heterocycles. The van der Waals surface area contributed by atoms with Crippen LogP contribution >= 0.6 is 11.6 Å². The number of amides is 2. The van der Waals surface area contributed by atoms with E-state index >= 15 is 0 Å². The number of halogens is 1. The van der Waals surface area contributed by atoms with Gasteiger partial charge in [-0.2, -0.15) is 0 Å². The first kappa shape index (κ1) is 17.0. The van der Waals surface area contributed by atoms with Crippen molar-refractivity contribution in [3.8, 4) is 5.75 Å². The zero-order valence-electron chi connectivity index (χ0n) is 12.9. The first-order chi connectivity index (χ1) is 11.4. The number of fused-ring (bicyclic) bond motifs is 1. The quantitative estimate of drug-likeness (QED) is 0.863. The Hall–Kier alpha value is -1.80. The number of rotatable bonds is 4. The number of hydrogen-bond acceptors (Lipinski definition) is 5. The fraction of sp³-hybridized carbons (Fsp3) is 0.467. The highest BCUT2D eigenvalue weighted by molar-refractivity contribution is 7.91. The Bertz CT molecular complexity index is 787. The molecule has 3 rings (SSSR count). The zero-order chi connectivity index (χ0) is 17.3. The number of sulfone groups is 1. The molecule has 2 aliphatic rings. The molecular weight excluding hydrogens is 356 g/mol.